The summed E-state index contributed by atoms with van der Waals surface area (Å²) in [4.78, 5) is 0. The number of rotatable bonds is 6. The molecular weight excluding hydrogens is 242 g/mol. The van der Waals surface area contributed by atoms with Crippen LogP contribution in [0.4, 0.5) is 5.69 Å². The van der Waals surface area contributed by atoms with E-state index in [1.54, 1.807) is 0 Å². The van der Waals surface area contributed by atoms with Gasteiger partial charge < -0.3 is 5.73 Å². The topological polar surface area (TPSA) is 26.0 Å². The summed E-state index contributed by atoms with van der Waals surface area (Å²) in [7, 11) is 0. The Labute approximate surface area is 122 Å². The molecule has 0 aliphatic heterocycles. The molecule has 1 unspecified atom stereocenters. The Hall–Kier alpha value is -1.76. The van der Waals surface area contributed by atoms with Crippen LogP contribution in [0.15, 0.2) is 48.5 Å². The summed E-state index contributed by atoms with van der Waals surface area (Å²) in [6.45, 7) is 4.39. The first-order valence-corrected chi connectivity index (χ1v) is 7.62. The Bertz CT molecular complexity index is 465. The molecule has 0 saturated heterocycles. The highest BCUT2D eigenvalue weighted by molar-refractivity contribution is 5.43. The van der Waals surface area contributed by atoms with Crippen molar-refractivity contribution >= 4 is 5.69 Å². The number of unbranched alkanes of at least 4 members (excludes halogenated alkanes) is 2. The molecule has 106 valence electrons. The summed E-state index contributed by atoms with van der Waals surface area (Å²) in [5.41, 5.74) is 10.8. The molecule has 2 aromatic carbocycles. The molecule has 2 rings (SSSR count). The Balaban J connectivity index is 2.23. The van der Waals surface area contributed by atoms with Crippen molar-refractivity contribution in [3.05, 3.63) is 65.2 Å². The fourth-order valence-corrected chi connectivity index (χ4v) is 2.65. The van der Waals surface area contributed by atoms with Crippen molar-refractivity contribution in [2.45, 2.75) is 45.4 Å². The van der Waals surface area contributed by atoms with Gasteiger partial charge in [0.25, 0.3) is 0 Å². The standard InChI is InChI=1S/C19H25N/c1-3-4-5-6-19(16-9-7-15(2)8-10-16)17-11-13-18(20)14-12-17/h7-14,19H,3-6,20H2,1-2H3. The van der Waals surface area contributed by atoms with E-state index in [1.807, 2.05) is 12.1 Å². The average Bonchev–Trinajstić information content (AvgIpc) is 2.46. The fourth-order valence-electron chi connectivity index (χ4n) is 2.65. The van der Waals surface area contributed by atoms with Crippen molar-refractivity contribution in [1.82, 2.24) is 0 Å². The average molecular weight is 267 g/mol. The van der Waals surface area contributed by atoms with Crippen LogP contribution in [-0.2, 0) is 0 Å². The van der Waals surface area contributed by atoms with Gasteiger partial charge >= 0.3 is 0 Å². The van der Waals surface area contributed by atoms with Crippen LogP contribution in [0.2, 0.25) is 0 Å². The van der Waals surface area contributed by atoms with Gasteiger partial charge in [-0.1, -0.05) is 68.1 Å². The quantitative estimate of drug-likeness (QED) is 0.558. The smallest absolute Gasteiger partial charge is 0.0314 e. The normalized spacial score (nSPS) is 12.3. The Morgan fingerprint density at radius 3 is 1.95 bits per heavy atom. The second-order valence-electron chi connectivity index (χ2n) is 5.63. The lowest BCUT2D eigenvalue weighted by Gasteiger charge is -2.18. The monoisotopic (exact) mass is 267 g/mol. The Morgan fingerprint density at radius 2 is 1.40 bits per heavy atom. The molecule has 0 amide bonds. The van der Waals surface area contributed by atoms with Crippen LogP contribution in [0.1, 0.15) is 55.2 Å². The zero-order valence-electron chi connectivity index (χ0n) is 12.6. The molecule has 1 heteroatoms. The molecule has 1 nitrogen and oxygen atoms in total. The fraction of sp³-hybridized carbons (Fsp3) is 0.368. The van der Waals surface area contributed by atoms with E-state index in [0.29, 0.717) is 5.92 Å². The third-order valence-electron chi connectivity index (χ3n) is 3.91. The van der Waals surface area contributed by atoms with Gasteiger partial charge in [-0.05, 0) is 36.6 Å². The maximum Gasteiger partial charge on any atom is 0.0314 e. The summed E-state index contributed by atoms with van der Waals surface area (Å²) >= 11 is 0. The van der Waals surface area contributed by atoms with E-state index in [0.717, 1.165) is 5.69 Å². The molecule has 0 radical (unpaired) electrons. The van der Waals surface area contributed by atoms with E-state index in [2.05, 4.69) is 50.2 Å². The molecule has 2 N–H and O–H groups in total. The summed E-state index contributed by atoms with van der Waals surface area (Å²) in [6, 6.07) is 17.3. The maximum absolute atomic E-state index is 5.81. The molecule has 1 atom stereocenters. The minimum absolute atomic E-state index is 0.489. The minimum Gasteiger partial charge on any atom is -0.399 e. The van der Waals surface area contributed by atoms with E-state index >= 15 is 0 Å². The third kappa shape index (κ3) is 3.86. The summed E-state index contributed by atoms with van der Waals surface area (Å²) < 4.78 is 0. The largest absolute Gasteiger partial charge is 0.399 e. The van der Waals surface area contributed by atoms with Crippen molar-refractivity contribution in [1.29, 1.82) is 0 Å². The van der Waals surface area contributed by atoms with Crippen molar-refractivity contribution < 1.29 is 0 Å². The van der Waals surface area contributed by atoms with Crippen molar-refractivity contribution in [2.24, 2.45) is 0 Å². The van der Waals surface area contributed by atoms with E-state index in [-0.39, 0.29) is 0 Å². The van der Waals surface area contributed by atoms with Gasteiger partial charge in [0.05, 0.1) is 0 Å². The van der Waals surface area contributed by atoms with Gasteiger partial charge in [0.2, 0.25) is 0 Å². The molecule has 0 heterocycles. The highest BCUT2D eigenvalue weighted by Crippen LogP contribution is 2.30. The van der Waals surface area contributed by atoms with E-state index in [1.165, 1.54) is 42.4 Å². The van der Waals surface area contributed by atoms with Crippen LogP contribution in [0.3, 0.4) is 0 Å². The first kappa shape index (κ1) is 14.6. The van der Waals surface area contributed by atoms with E-state index < -0.39 is 0 Å². The Kier molecular flexibility index (Phi) is 5.23. The number of benzene rings is 2. The molecule has 0 bridgehead atoms. The third-order valence-corrected chi connectivity index (χ3v) is 3.91. The molecular formula is C19H25N. The van der Waals surface area contributed by atoms with Gasteiger partial charge in [0.1, 0.15) is 0 Å². The van der Waals surface area contributed by atoms with Crippen LogP contribution in [0, 0.1) is 6.92 Å². The number of nitrogen functional groups attached to an aromatic ring is 1. The van der Waals surface area contributed by atoms with Crippen molar-refractivity contribution in [2.75, 3.05) is 5.73 Å². The van der Waals surface area contributed by atoms with Gasteiger partial charge in [-0.15, -0.1) is 0 Å². The molecule has 0 aliphatic rings. The summed E-state index contributed by atoms with van der Waals surface area (Å²) in [5.74, 6) is 0.489. The number of nitrogens with two attached hydrogens (primary N) is 1. The van der Waals surface area contributed by atoms with Crippen molar-refractivity contribution in [3.8, 4) is 0 Å². The van der Waals surface area contributed by atoms with Crippen LogP contribution in [0.25, 0.3) is 0 Å². The summed E-state index contributed by atoms with van der Waals surface area (Å²) in [5, 5.41) is 0. The first-order chi connectivity index (χ1) is 9.70. The molecule has 0 aliphatic carbocycles. The molecule has 20 heavy (non-hydrogen) atoms. The lowest BCUT2D eigenvalue weighted by Crippen LogP contribution is -2.02. The highest BCUT2D eigenvalue weighted by Gasteiger charge is 2.13. The summed E-state index contributed by atoms with van der Waals surface area (Å²) in [6.07, 6.45) is 5.06. The molecule has 2 aromatic rings. The first-order valence-electron chi connectivity index (χ1n) is 7.62. The van der Waals surface area contributed by atoms with Gasteiger partial charge in [-0.2, -0.15) is 0 Å². The lowest BCUT2D eigenvalue weighted by molar-refractivity contribution is 0.618. The number of anilines is 1. The SMILES string of the molecule is CCCCCC(c1ccc(C)cc1)c1ccc(N)cc1. The Morgan fingerprint density at radius 1 is 0.850 bits per heavy atom. The number of hydrogen-bond donors (Lipinski definition) is 1. The van der Waals surface area contributed by atoms with Gasteiger partial charge in [-0.25, -0.2) is 0 Å². The number of aryl methyl sites for hydroxylation is 1. The molecule has 0 aromatic heterocycles. The second-order valence-corrected chi connectivity index (χ2v) is 5.63. The van der Waals surface area contributed by atoms with Crippen LogP contribution in [-0.4, -0.2) is 0 Å². The molecule has 0 spiro atoms. The van der Waals surface area contributed by atoms with Crippen LogP contribution in [0.5, 0.6) is 0 Å². The zero-order chi connectivity index (χ0) is 14.4. The molecule has 0 saturated carbocycles. The predicted molar refractivity (Wildman–Crippen MR) is 88.0 cm³/mol. The van der Waals surface area contributed by atoms with E-state index in [9.17, 15) is 0 Å². The van der Waals surface area contributed by atoms with Gasteiger partial charge in [0.15, 0.2) is 0 Å². The van der Waals surface area contributed by atoms with Gasteiger partial charge in [0, 0.05) is 11.6 Å². The molecule has 0 fully saturated rings. The van der Waals surface area contributed by atoms with Gasteiger partial charge in [-0.3, -0.25) is 0 Å². The van der Waals surface area contributed by atoms with E-state index in [4.69, 9.17) is 5.73 Å². The lowest BCUT2D eigenvalue weighted by atomic mass is 9.86. The predicted octanol–water partition coefficient (Wildman–Crippen LogP) is 5.29. The zero-order valence-corrected chi connectivity index (χ0v) is 12.6. The van der Waals surface area contributed by atoms with Crippen molar-refractivity contribution in [3.63, 3.8) is 0 Å². The number of hydrogen-bond acceptors (Lipinski definition) is 1. The van der Waals surface area contributed by atoms with Crippen LogP contribution >= 0.6 is 0 Å². The van der Waals surface area contributed by atoms with Crippen LogP contribution < -0.4 is 5.73 Å². The maximum atomic E-state index is 5.81. The second kappa shape index (κ2) is 7.14. The highest BCUT2D eigenvalue weighted by atomic mass is 14.5. The minimum atomic E-state index is 0.489.